The average Bonchev–Trinajstić information content (AvgIpc) is 3.67. The van der Waals surface area contributed by atoms with Gasteiger partial charge in [-0.25, -0.2) is 9.50 Å². The molecule has 5 aromatic rings. The SMILES string of the molecule is CCCCOC[C@H]1OC(c2cc3c4c(ncnn24)N(C(c2ccccc2)(c2ccccc2)c2ccc(OC)cc2)CC3)[C@](C)(OCCCC)[C@@H]1O. The minimum absolute atomic E-state index is 0.299. The molecule has 1 unspecified atom stereocenters. The van der Waals surface area contributed by atoms with Crippen LogP contribution in [0.1, 0.15) is 80.5 Å². The van der Waals surface area contributed by atoms with E-state index in [1.807, 2.05) is 23.6 Å². The van der Waals surface area contributed by atoms with Crippen molar-refractivity contribution in [2.45, 2.75) is 82.3 Å². The van der Waals surface area contributed by atoms with E-state index in [2.05, 4.69) is 97.6 Å². The molecule has 0 amide bonds. The molecule has 4 atom stereocenters. The quantitative estimate of drug-likeness (QED) is 0.0906. The summed E-state index contributed by atoms with van der Waals surface area (Å²) >= 11 is 0. The molecule has 4 heterocycles. The van der Waals surface area contributed by atoms with Crippen molar-refractivity contribution in [2.75, 3.05) is 38.4 Å². The fourth-order valence-electron chi connectivity index (χ4n) is 7.97. The first-order chi connectivity index (χ1) is 25.0. The van der Waals surface area contributed by atoms with Crippen LogP contribution >= 0.6 is 0 Å². The number of aliphatic hydroxyl groups is 1. The number of anilines is 1. The minimum atomic E-state index is -1.00. The Labute approximate surface area is 301 Å². The molecular formula is C42H50N4O5. The average molecular weight is 691 g/mol. The summed E-state index contributed by atoms with van der Waals surface area (Å²) in [5.41, 5.74) is 4.52. The summed E-state index contributed by atoms with van der Waals surface area (Å²) in [5.74, 6) is 1.63. The second-order valence-corrected chi connectivity index (χ2v) is 13.8. The normalized spacial score (nSPS) is 21.7. The number of nitrogens with zero attached hydrogens (tertiary/aromatic N) is 4. The van der Waals surface area contributed by atoms with Crippen molar-refractivity contribution in [3.63, 3.8) is 0 Å². The lowest BCUT2D eigenvalue weighted by Gasteiger charge is -2.47. The molecule has 9 nitrogen and oxygen atoms in total. The predicted molar refractivity (Wildman–Crippen MR) is 198 cm³/mol. The minimum Gasteiger partial charge on any atom is -0.497 e. The smallest absolute Gasteiger partial charge is 0.158 e. The van der Waals surface area contributed by atoms with E-state index < -0.39 is 29.5 Å². The van der Waals surface area contributed by atoms with Gasteiger partial charge in [0.15, 0.2) is 5.82 Å². The van der Waals surface area contributed by atoms with Crippen molar-refractivity contribution in [1.82, 2.24) is 14.6 Å². The van der Waals surface area contributed by atoms with Crippen molar-refractivity contribution in [1.29, 1.82) is 0 Å². The predicted octanol–water partition coefficient (Wildman–Crippen LogP) is 7.29. The Morgan fingerprint density at radius 3 is 2.20 bits per heavy atom. The summed E-state index contributed by atoms with van der Waals surface area (Å²) in [5, 5.41) is 16.6. The number of rotatable bonds is 15. The van der Waals surface area contributed by atoms with Crippen molar-refractivity contribution in [2.24, 2.45) is 0 Å². The highest BCUT2D eigenvalue weighted by Crippen LogP contribution is 2.50. The number of ether oxygens (including phenoxy) is 4. The van der Waals surface area contributed by atoms with E-state index in [4.69, 9.17) is 29.0 Å². The Hall–Kier alpha value is -4.28. The van der Waals surface area contributed by atoms with Gasteiger partial charge < -0.3 is 29.0 Å². The van der Waals surface area contributed by atoms with Gasteiger partial charge in [0, 0.05) is 19.8 Å². The van der Waals surface area contributed by atoms with Crippen molar-refractivity contribution >= 4 is 11.3 Å². The van der Waals surface area contributed by atoms with Gasteiger partial charge in [-0.3, -0.25) is 0 Å². The molecule has 9 heteroatoms. The van der Waals surface area contributed by atoms with Crippen molar-refractivity contribution in [3.05, 3.63) is 125 Å². The summed E-state index contributed by atoms with van der Waals surface area (Å²) in [7, 11) is 1.69. The molecule has 0 aliphatic carbocycles. The molecule has 1 N–H and O–H groups in total. The second-order valence-electron chi connectivity index (χ2n) is 13.8. The molecule has 0 spiro atoms. The van der Waals surface area contributed by atoms with E-state index in [-0.39, 0.29) is 0 Å². The molecule has 0 saturated carbocycles. The van der Waals surface area contributed by atoms with E-state index in [0.29, 0.717) is 26.4 Å². The van der Waals surface area contributed by atoms with Crippen LogP contribution in [0.25, 0.3) is 5.52 Å². The Bertz CT molecular complexity index is 1840. The molecular weight excluding hydrogens is 640 g/mol. The van der Waals surface area contributed by atoms with Gasteiger partial charge in [0.05, 0.1) is 19.4 Å². The summed E-state index contributed by atoms with van der Waals surface area (Å²) < 4.78 is 26.8. The molecule has 1 saturated heterocycles. The summed E-state index contributed by atoms with van der Waals surface area (Å²) in [6.45, 7) is 8.40. The Kier molecular flexibility index (Phi) is 10.4. The molecule has 268 valence electrons. The van der Waals surface area contributed by atoms with Crippen LogP contribution in [0.15, 0.2) is 97.3 Å². The number of hydrogen-bond donors (Lipinski definition) is 1. The third-order valence-corrected chi connectivity index (χ3v) is 10.7. The van der Waals surface area contributed by atoms with E-state index in [1.54, 1.807) is 13.4 Å². The van der Waals surface area contributed by atoms with Gasteiger partial charge in [-0.1, -0.05) is 99.5 Å². The maximum Gasteiger partial charge on any atom is 0.158 e. The highest BCUT2D eigenvalue weighted by Gasteiger charge is 2.56. The van der Waals surface area contributed by atoms with Crippen LogP contribution in [0.5, 0.6) is 5.75 Å². The molecule has 0 bridgehead atoms. The maximum absolute atomic E-state index is 11.8. The van der Waals surface area contributed by atoms with E-state index >= 15 is 0 Å². The van der Waals surface area contributed by atoms with E-state index in [9.17, 15) is 5.11 Å². The molecule has 2 aliphatic heterocycles. The second kappa shape index (κ2) is 15.1. The van der Waals surface area contributed by atoms with Crippen LogP contribution in [-0.4, -0.2) is 71.0 Å². The lowest BCUT2D eigenvalue weighted by atomic mass is 9.75. The van der Waals surface area contributed by atoms with Gasteiger partial charge >= 0.3 is 0 Å². The highest BCUT2D eigenvalue weighted by molar-refractivity contribution is 5.79. The molecule has 51 heavy (non-hydrogen) atoms. The maximum atomic E-state index is 11.8. The van der Waals surface area contributed by atoms with Gasteiger partial charge in [0.25, 0.3) is 0 Å². The first-order valence-corrected chi connectivity index (χ1v) is 18.4. The van der Waals surface area contributed by atoms with Crippen LogP contribution in [-0.2, 0) is 26.2 Å². The summed E-state index contributed by atoms with van der Waals surface area (Å²) in [4.78, 5) is 7.48. The molecule has 3 aromatic carbocycles. The van der Waals surface area contributed by atoms with Crippen molar-refractivity contribution < 1.29 is 24.1 Å². The fraction of sp³-hybridized carbons (Fsp3) is 0.429. The zero-order valence-electron chi connectivity index (χ0n) is 30.2. The molecule has 2 aromatic heterocycles. The third kappa shape index (κ3) is 6.20. The van der Waals surface area contributed by atoms with Gasteiger partial charge in [-0.2, -0.15) is 5.10 Å². The highest BCUT2D eigenvalue weighted by atomic mass is 16.6. The van der Waals surface area contributed by atoms with Gasteiger partial charge in [-0.05, 0) is 66.6 Å². The molecule has 2 aliphatic rings. The first-order valence-electron chi connectivity index (χ1n) is 18.4. The van der Waals surface area contributed by atoms with Crippen LogP contribution in [0.3, 0.4) is 0 Å². The van der Waals surface area contributed by atoms with Crippen molar-refractivity contribution in [3.8, 4) is 5.75 Å². The zero-order chi connectivity index (χ0) is 35.4. The fourth-order valence-corrected chi connectivity index (χ4v) is 7.97. The summed E-state index contributed by atoms with van der Waals surface area (Å²) in [6.07, 6.45) is 4.29. The topological polar surface area (TPSA) is 90.6 Å². The third-order valence-electron chi connectivity index (χ3n) is 10.7. The van der Waals surface area contributed by atoms with Crippen LogP contribution < -0.4 is 9.64 Å². The Balaban J connectivity index is 1.38. The van der Waals surface area contributed by atoms with E-state index in [1.165, 1.54) is 0 Å². The van der Waals surface area contributed by atoms with Crippen LogP contribution in [0.4, 0.5) is 5.82 Å². The first kappa shape index (κ1) is 35.1. The van der Waals surface area contributed by atoms with Gasteiger partial charge in [0.1, 0.15) is 47.0 Å². The monoisotopic (exact) mass is 690 g/mol. The lowest BCUT2D eigenvalue weighted by molar-refractivity contribution is -0.119. The molecule has 0 radical (unpaired) electrons. The van der Waals surface area contributed by atoms with Gasteiger partial charge in [-0.15, -0.1) is 0 Å². The van der Waals surface area contributed by atoms with Crippen LogP contribution in [0, 0.1) is 0 Å². The number of methoxy groups -OCH3 is 1. The Morgan fingerprint density at radius 2 is 1.55 bits per heavy atom. The van der Waals surface area contributed by atoms with Gasteiger partial charge in [0.2, 0.25) is 0 Å². The summed E-state index contributed by atoms with van der Waals surface area (Å²) in [6, 6.07) is 31.9. The lowest BCUT2D eigenvalue weighted by Crippen LogP contribution is -2.51. The zero-order valence-corrected chi connectivity index (χ0v) is 30.2. The number of aromatic nitrogens is 3. The number of benzene rings is 3. The molecule has 1 fully saturated rings. The largest absolute Gasteiger partial charge is 0.497 e. The van der Waals surface area contributed by atoms with E-state index in [0.717, 1.165) is 77.1 Å². The Morgan fingerprint density at radius 1 is 0.902 bits per heavy atom. The number of unbranched alkanes of at least 4 members (excludes halogenated alkanes) is 2. The number of aliphatic hydroxyl groups excluding tert-OH is 1. The standard InChI is InChI=1S/C42H50N4O5/c1-5-7-25-49-28-36-38(47)41(3,50-26-8-6-2)39(51-36)35-27-30-23-24-45(40-37(30)46(35)44-29-43-40)42(31-15-11-9-12-16-31,32-17-13-10-14-18-32)33-19-21-34(48-4)22-20-33/h9-22,27,29,36,38-39,47H,5-8,23-26,28H2,1-4H3/t36-,38-,39?,41-/m1/s1. The van der Waals surface area contributed by atoms with Crippen LogP contribution in [0.2, 0.25) is 0 Å². The molecule has 7 rings (SSSR count). The number of hydrogen-bond acceptors (Lipinski definition) is 8.